The lowest BCUT2D eigenvalue weighted by atomic mass is 10.1. The van der Waals surface area contributed by atoms with Crippen LogP contribution < -0.4 is 5.56 Å². The van der Waals surface area contributed by atoms with Gasteiger partial charge in [-0.15, -0.1) is 0 Å². The van der Waals surface area contributed by atoms with Crippen LogP contribution in [0.5, 0.6) is 0 Å². The van der Waals surface area contributed by atoms with Gasteiger partial charge in [-0.25, -0.2) is 9.36 Å². The summed E-state index contributed by atoms with van der Waals surface area (Å²) >= 11 is 0. The van der Waals surface area contributed by atoms with Crippen molar-refractivity contribution in [3.8, 4) is 5.69 Å². The van der Waals surface area contributed by atoms with Crippen LogP contribution in [-0.2, 0) is 11.3 Å². The van der Waals surface area contributed by atoms with Gasteiger partial charge < -0.3 is 4.90 Å². The van der Waals surface area contributed by atoms with E-state index in [1.165, 1.54) is 10.2 Å². The number of hydrogen-bond donors (Lipinski definition) is 0. The molecule has 0 bridgehead atoms. The monoisotopic (exact) mass is 421 g/mol. The SMILES string of the molecule is Cc1ccc(-n2ncc3c(C4CC4)nn(CC(=O)N(C(C)C)C(C)C)c(=O)c32)cc1C. The Bertz CT molecular complexity index is 1190. The Morgan fingerprint density at radius 1 is 1.13 bits per heavy atom. The fourth-order valence-corrected chi connectivity index (χ4v) is 4.29. The summed E-state index contributed by atoms with van der Waals surface area (Å²) in [5.41, 5.74) is 4.25. The van der Waals surface area contributed by atoms with Crippen LogP contribution in [-0.4, -0.2) is 42.5 Å². The molecule has 0 radical (unpaired) electrons. The van der Waals surface area contributed by atoms with Gasteiger partial charge in [-0.3, -0.25) is 9.59 Å². The maximum atomic E-state index is 13.5. The Balaban J connectivity index is 1.85. The smallest absolute Gasteiger partial charge is 0.293 e. The quantitative estimate of drug-likeness (QED) is 0.608. The highest BCUT2D eigenvalue weighted by Crippen LogP contribution is 2.41. The van der Waals surface area contributed by atoms with Crippen LogP contribution in [0.15, 0.2) is 29.2 Å². The number of benzene rings is 1. The number of carbonyl (C=O) groups excluding carboxylic acids is 1. The lowest BCUT2D eigenvalue weighted by molar-refractivity contribution is -0.135. The fraction of sp³-hybridized carbons (Fsp3) is 0.500. The molecule has 0 spiro atoms. The Hall–Kier alpha value is -2.96. The molecule has 1 aromatic carbocycles. The van der Waals surface area contributed by atoms with Crippen molar-refractivity contribution < 1.29 is 4.79 Å². The lowest BCUT2D eigenvalue weighted by Gasteiger charge is -2.30. The number of hydrogen-bond acceptors (Lipinski definition) is 4. The minimum Gasteiger partial charge on any atom is -0.336 e. The second kappa shape index (κ2) is 7.94. The van der Waals surface area contributed by atoms with Crippen LogP contribution >= 0.6 is 0 Å². The second-order valence-electron chi connectivity index (χ2n) is 9.20. The zero-order valence-corrected chi connectivity index (χ0v) is 19.2. The molecule has 1 saturated carbocycles. The summed E-state index contributed by atoms with van der Waals surface area (Å²) < 4.78 is 3.04. The van der Waals surface area contributed by atoms with Crippen LogP contribution in [0.4, 0.5) is 0 Å². The van der Waals surface area contributed by atoms with E-state index in [4.69, 9.17) is 0 Å². The van der Waals surface area contributed by atoms with Gasteiger partial charge in [0.15, 0.2) is 0 Å². The van der Waals surface area contributed by atoms with Crippen LogP contribution in [0, 0.1) is 13.8 Å². The van der Waals surface area contributed by atoms with E-state index < -0.39 is 0 Å². The predicted octanol–water partition coefficient (Wildman–Crippen LogP) is 3.72. The van der Waals surface area contributed by atoms with Gasteiger partial charge in [0.1, 0.15) is 12.1 Å². The summed E-state index contributed by atoms with van der Waals surface area (Å²) in [6.45, 7) is 12.0. The molecule has 0 aliphatic heterocycles. The topological polar surface area (TPSA) is 73.0 Å². The average Bonchev–Trinajstić information content (AvgIpc) is 3.43. The first-order valence-electron chi connectivity index (χ1n) is 11.1. The van der Waals surface area contributed by atoms with Crippen LogP contribution in [0.3, 0.4) is 0 Å². The zero-order chi connectivity index (χ0) is 22.4. The van der Waals surface area contributed by atoms with Gasteiger partial charge in [0, 0.05) is 23.4 Å². The van der Waals surface area contributed by atoms with Crippen molar-refractivity contribution in [2.45, 2.75) is 78.9 Å². The minimum atomic E-state index is -0.282. The predicted molar refractivity (Wildman–Crippen MR) is 122 cm³/mol. The van der Waals surface area contributed by atoms with Crippen LogP contribution in [0.1, 0.15) is 63.3 Å². The number of aryl methyl sites for hydroxylation is 2. The highest BCUT2D eigenvalue weighted by Gasteiger charge is 2.31. The molecule has 31 heavy (non-hydrogen) atoms. The summed E-state index contributed by atoms with van der Waals surface area (Å²) in [5, 5.41) is 9.98. The maximum Gasteiger partial charge on any atom is 0.293 e. The van der Waals surface area contributed by atoms with Crippen LogP contribution in [0.25, 0.3) is 16.6 Å². The first-order valence-corrected chi connectivity index (χ1v) is 11.1. The molecule has 1 amide bonds. The molecule has 2 heterocycles. The van der Waals surface area contributed by atoms with E-state index in [1.54, 1.807) is 15.8 Å². The van der Waals surface area contributed by atoms with Gasteiger partial charge in [0.05, 0.1) is 17.6 Å². The summed E-state index contributed by atoms with van der Waals surface area (Å²) in [6.07, 6.45) is 3.84. The Morgan fingerprint density at radius 2 is 1.81 bits per heavy atom. The number of aromatic nitrogens is 4. The van der Waals surface area contributed by atoms with E-state index in [2.05, 4.69) is 17.1 Å². The molecule has 2 aromatic heterocycles. The molecular weight excluding hydrogens is 390 g/mol. The molecule has 1 aliphatic rings. The lowest BCUT2D eigenvalue weighted by Crippen LogP contribution is -2.45. The number of fused-ring (bicyclic) bond motifs is 1. The van der Waals surface area contributed by atoms with Crippen molar-refractivity contribution >= 4 is 16.8 Å². The molecule has 1 fully saturated rings. The summed E-state index contributed by atoms with van der Waals surface area (Å²) in [7, 11) is 0. The van der Waals surface area contributed by atoms with Crippen molar-refractivity contribution in [3.05, 3.63) is 51.6 Å². The molecule has 0 saturated heterocycles. The Morgan fingerprint density at radius 3 is 2.39 bits per heavy atom. The highest BCUT2D eigenvalue weighted by molar-refractivity contribution is 5.83. The van der Waals surface area contributed by atoms with E-state index in [9.17, 15) is 9.59 Å². The largest absolute Gasteiger partial charge is 0.336 e. The average molecular weight is 422 g/mol. The molecule has 0 atom stereocenters. The summed E-state index contributed by atoms with van der Waals surface area (Å²) in [5.74, 6) is 0.228. The highest BCUT2D eigenvalue weighted by atomic mass is 16.2. The molecule has 1 aliphatic carbocycles. The van der Waals surface area contributed by atoms with E-state index in [-0.39, 0.29) is 30.1 Å². The van der Waals surface area contributed by atoms with Gasteiger partial charge in [-0.2, -0.15) is 10.2 Å². The third-order valence-electron chi connectivity index (χ3n) is 6.10. The van der Waals surface area contributed by atoms with E-state index in [0.29, 0.717) is 11.4 Å². The third-order valence-corrected chi connectivity index (χ3v) is 6.10. The van der Waals surface area contributed by atoms with Crippen molar-refractivity contribution in [2.75, 3.05) is 0 Å². The van der Waals surface area contributed by atoms with Gasteiger partial charge in [0.25, 0.3) is 5.56 Å². The molecule has 3 aromatic rings. The molecule has 0 N–H and O–H groups in total. The number of rotatable bonds is 6. The summed E-state index contributed by atoms with van der Waals surface area (Å²) in [6, 6.07) is 6.14. The Kier molecular flexibility index (Phi) is 5.45. The molecule has 0 unspecified atom stereocenters. The first-order chi connectivity index (χ1) is 14.7. The normalized spacial score (nSPS) is 14.1. The third kappa shape index (κ3) is 3.89. The number of amides is 1. The molecular formula is C24H31N5O2. The van der Waals surface area contributed by atoms with Gasteiger partial charge in [-0.05, 0) is 77.6 Å². The number of nitrogens with zero attached hydrogens (tertiary/aromatic N) is 5. The second-order valence-corrected chi connectivity index (χ2v) is 9.20. The van der Waals surface area contributed by atoms with Gasteiger partial charge in [-0.1, -0.05) is 6.07 Å². The van der Waals surface area contributed by atoms with Crippen molar-refractivity contribution in [2.24, 2.45) is 0 Å². The Labute approximate surface area is 182 Å². The molecule has 7 heteroatoms. The first kappa shape index (κ1) is 21.3. The molecule has 7 nitrogen and oxygen atoms in total. The van der Waals surface area contributed by atoms with E-state index in [1.807, 2.05) is 52.8 Å². The van der Waals surface area contributed by atoms with Crippen LogP contribution in [0.2, 0.25) is 0 Å². The minimum absolute atomic E-state index is 0.0518. The maximum absolute atomic E-state index is 13.5. The molecule has 4 rings (SSSR count). The van der Waals surface area contributed by atoms with Gasteiger partial charge >= 0.3 is 0 Å². The molecule has 164 valence electrons. The summed E-state index contributed by atoms with van der Waals surface area (Å²) in [4.78, 5) is 28.4. The fourth-order valence-electron chi connectivity index (χ4n) is 4.29. The van der Waals surface area contributed by atoms with Gasteiger partial charge in [0.2, 0.25) is 5.91 Å². The van der Waals surface area contributed by atoms with E-state index >= 15 is 0 Å². The van der Waals surface area contributed by atoms with E-state index in [0.717, 1.165) is 35.2 Å². The standard InChI is InChI=1S/C24H31N5O2/c1-14(2)28(15(3)4)21(30)13-27-24(31)23-20(22(26-27)18-8-9-18)12-25-29(23)19-10-7-16(5)17(6)11-19/h7,10-12,14-15,18H,8-9,13H2,1-6H3. The van der Waals surface area contributed by atoms with Crippen molar-refractivity contribution in [1.29, 1.82) is 0 Å². The van der Waals surface area contributed by atoms with Crippen molar-refractivity contribution in [3.63, 3.8) is 0 Å². The number of carbonyl (C=O) groups is 1. The van der Waals surface area contributed by atoms with Crippen molar-refractivity contribution in [1.82, 2.24) is 24.5 Å². The zero-order valence-electron chi connectivity index (χ0n) is 19.2.